The number of pyridine rings is 1. The number of hydrogen-bond acceptors (Lipinski definition) is 4. The van der Waals surface area contributed by atoms with Gasteiger partial charge in [0.15, 0.2) is 0 Å². The highest BCUT2D eigenvalue weighted by molar-refractivity contribution is 5.94. The Bertz CT molecular complexity index is 330. The van der Waals surface area contributed by atoms with E-state index in [-0.39, 0.29) is 12.5 Å². The molecule has 0 spiro atoms. The summed E-state index contributed by atoms with van der Waals surface area (Å²) in [5.41, 5.74) is 0.836. The zero-order valence-corrected chi connectivity index (χ0v) is 10.3. The lowest BCUT2D eigenvalue weighted by atomic mass is 10.3. The van der Waals surface area contributed by atoms with Crippen molar-refractivity contribution in [1.82, 2.24) is 4.98 Å². The van der Waals surface area contributed by atoms with E-state index >= 15 is 0 Å². The maximum atomic E-state index is 11.9. The van der Waals surface area contributed by atoms with Gasteiger partial charge < -0.3 is 14.4 Å². The van der Waals surface area contributed by atoms with Crippen LogP contribution in [0.1, 0.15) is 6.92 Å². The number of amides is 1. The van der Waals surface area contributed by atoms with E-state index in [2.05, 4.69) is 4.98 Å². The Balaban J connectivity index is 2.48. The highest BCUT2D eigenvalue weighted by atomic mass is 16.5. The number of carbonyl (C=O) groups is 1. The summed E-state index contributed by atoms with van der Waals surface area (Å²) in [5.74, 6) is -0.0604. The monoisotopic (exact) mass is 238 g/mol. The van der Waals surface area contributed by atoms with Crippen LogP contribution in [-0.4, -0.2) is 44.4 Å². The third kappa shape index (κ3) is 4.50. The molecular weight excluding hydrogens is 220 g/mol. The molecule has 94 valence electrons. The number of aromatic nitrogens is 1. The van der Waals surface area contributed by atoms with Crippen molar-refractivity contribution in [3.63, 3.8) is 0 Å². The zero-order valence-electron chi connectivity index (χ0n) is 10.3. The van der Waals surface area contributed by atoms with Gasteiger partial charge in [0.05, 0.1) is 13.2 Å². The van der Waals surface area contributed by atoms with E-state index in [0.29, 0.717) is 19.8 Å². The molecule has 0 saturated heterocycles. The zero-order chi connectivity index (χ0) is 12.5. The van der Waals surface area contributed by atoms with Crippen molar-refractivity contribution in [1.29, 1.82) is 0 Å². The number of methoxy groups -OCH3 is 1. The SMILES string of the molecule is CCN(C(=O)COCCOC)c1ccncc1. The molecule has 0 bridgehead atoms. The molecule has 5 heteroatoms. The molecule has 1 heterocycles. The Labute approximate surface area is 101 Å². The first kappa shape index (κ1) is 13.6. The lowest BCUT2D eigenvalue weighted by Gasteiger charge is -2.20. The van der Waals surface area contributed by atoms with Gasteiger partial charge in [-0.25, -0.2) is 0 Å². The van der Waals surface area contributed by atoms with Gasteiger partial charge in [-0.05, 0) is 19.1 Å². The molecule has 0 radical (unpaired) electrons. The molecule has 1 aromatic heterocycles. The van der Waals surface area contributed by atoms with Gasteiger partial charge in [0.1, 0.15) is 6.61 Å². The molecule has 0 unspecified atom stereocenters. The maximum Gasteiger partial charge on any atom is 0.252 e. The topological polar surface area (TPSA) is 51.7 Å². The highest BCUT2D eigenvalue weighted by Gasteiger charge is 2.13. The first-order valence-electron chi connectivity index (χ1n) is 5.56. The average Bonchev–Trinajstić information content (AvgIpc) is 2.37. The Kier molecular flexibility index (Phi) is 6.21. The van der Waals surface area contributed by atoms with Gasteiger partial charge in [-0.15, -0.1) is 0 Å². The van der Waals surface area contributed by atoms with Crippen LogP contribution < -0.4 is 4.90 Å². The summed E-state index contributed by atoms with van der Waals surface area (Å²) >= 11 is 0. The Morgan fingerprint density at radius 1 is 1.35 bits per heavy atom. The van der Waals surface area contributed by atoms with Gasteiger partial charge in [-0.1, -0.05) is 0 Å². The average molecular weight is 238 g/mol. The molecule has 0 aliphatic carbocycles. The van der Waals surface area contributed by atoms with Crippen molar-refractivity contribution >= 4 is 11.6 Å². The van der Waals surface area contributed by atoms with Crippen LogP contribution in [0.15, 0.2) is 24.5 Å². The second-order valence-corrected chi connectivity index (χ2v) is 3.39. The second kappa shape index (κ2) is 7.76. The molecule has 0 N–H and O–H groups in total. The molecule has 1 amide bonds. The molecule has 0 aromatic carbocycles. The minimum absolute atomic E-state index is 0.0604. The molecule has 0 aliphatic heterocycles. The number of rotatable bonds is 7. The van der Waals surface area contributed by atoms with Crippen molar-refractivity contribution in [3.8, 4) is 0 Å². The van der Waals surface area contributed by atoms with E-state index in [1.165, 1.54) is 0 Å². The fourth-order valence-electron chi connectivity index (χ4n) is 1.41. The fourth-order valence-corrected chi connectivity index (χ4v) is 1.41. The largest absolute Gasteiger partial charge is 0.382 e. The summed E-state index contributed by atoms with van der Waals surface area (Å²) in [6.07, 6.45) is 3.33. The molecule has 0 aliphatic rings. The van der Waals surface area contributed by atoms with Gasteiger partial charge in [-0.3, -0.25) is 9.78 Å². The van der Waals surface area contributed by atoms with Gasteiger partial charge >= 0.3 is 0 Å². The van der Waals surface area contributed by atoms with Crippen molar-refractivity contribution in [2.45, 2.75) is 6.92 Å². The van der Waals surface area contributed by atoms with Crippen LogP contribution >= 0.6 is 0 Å². The normalized spacial score (nSPS) is 10.2. The van der Waals surface area contributed by atoms with E-state index in [4.69, 9.17) is 9.47 Å². The first-order valence-corrected chi connectivity index (χ1v) is 5.56. The van der Waals surface area contributed by atoms with E-state index in [9.17, 15) is 4.79 Å². The number of hydrogen-bond donors (Lipinski definition) is 0. The standard InChI is InChI=1S/C12H18N2O3/c1-3-14(11-4-6-13-7-5-11)12(15)10-17-9-8-16-2/h4-7H,3,8-10H2,1-2H3. The fraction of sp³-hybridized carbons (Fsp3) is 0.500. The third-order valence-electron chi connectivity index (χ3n) is 2.25. The molecule has 0 atom stereocenters. The van der Waals surface area contributed by atoms with Crippen molar-refractivity contribution in [2.75, 3.05) is 38.4 Å². The molecule has 0 saturated carbocycles. The summed E-state index contributed by atoms with van der Waals surface area (Å²) in [7, 11) is 1.60. The minimum atomic E-state index is -0.0604. The molecule has 0 fully saturated rings. The van der Waals surface area contributed by atoms with Crippen LogP contribution in [0.25, 0.3) is 0 Å². The minimum Gasteiger partial charge on any atom is -0.382 e. The highest BCUT2D eigenvalue weighted by Crippen LogP contribution is 2.11. The predicted molar refractivity (Wildman–Crippen MR) is 65.0 cm³/mol. The van der Waals surface area contributed by atoms with Crippen LogP contribution in [0.4, 0.5) is 5.69 Å². The molecular formula is C12H18N2O3. The van der Waals surface area contributed by atoms with Crippen LogP contribution in [0.3, 0.4) is 0 Å². The molecule has 1 rings (SSSR count). The number of anilines is 1. The van der Waals surface area contributed by atoms with E-state index in [0.717, 1.165) is 5.69 Å². The van der Waals surface area contributed by atoms with Crippen molar-refractivity contribution < 1.29 is 14.3 Å². The summed E-state index contributed by atoms with van der Waals surface area (Å²) in [6, 6.07) is 3.60. The summed E-state index contributed by atoms with van der Waals surface area (Å²) in [5, 5.41) is 0. The van der Waals surface area contributed by atoms with Gasteiger partial charge in [0, 0.05) is 31.7 Å². The summed E-state index contributed by atoms with van der Waals surface area (Å²) in [6.45, 7) is 3.52. The molecule has 1 aromatic rings. The lowest BCUT2D eigenvalue weighted by Crippen LogP contribution is -2.34. The number of carbonyl (C=O) groups excluding carboxylic acids is 1. The number of nitrogens with zero attached hydrogens (tertiary/aromatic N) is 2. The van der Waals surface area contributed by atoms with Gasteiger partial charge in [0.25, 0.3) is 5.91 Å². The van der Waals surface area contributed by atoms with E-state index in [1.807, 2.05) is 6.92 Å². The van der Waals surface area contributed by atoms with E-state index in [1.54, 1.807) is 36.5 Å². The smallest absolute Gasteiger partial charge is 0.252 e. The molecule has 17 heavy (non-hydrogen) atoms. The van der Waals surface area contributed by atoms with Crippen LogP contribution in [0, 0.1) is 0 Å². The van der Waals surface area contributed by atoms with E-state index < -0.39 is 0 Å². The lowest BCUT2D eigenvalue weighted by molar-refractivity contribution is -0.123. The van der Waals surface area contributed by atoms with Crippen molar-refractivity contribution in [3.05, 3.63) is 24.5 Å². The van der Waals surface area contributed by atoms with Crippen molar-refractivity contribution in [2.24, 2.45) is 0 Å². The van der Waals surface area contributed by atoms with Gasteiger partial charge in [-0.2, -0.15) is 0 Å². The third-order valence-corrected chi connectivity index (χ3v) is 2.25. The molecule has 5 nitrogen and oxygen atoms in total. The number of likely N-dealkylation sites (N-methyl/N-ethyl adjacent to an activating group) is 1. The Morgan fingerprint density at radius 3 is 2.65 bits per heavy atom. The Morgan fingerprint density at radius 2 is 2.06 bits per heavy atom. The summed E-state index contributed by atoms with van der Waals surface area (Å²) < 4.78 is 10.0. The van der Waals surface area contributed by atoms with Crippen LogP contribution in [-0.2, 0) is 14.3 Å². The predicted octanol–water partition coefficient (Wildman–Crippen LogP) is 1.10. The number of ether oxygens (including phenoxy) is 2. The first-order chi connectivity index (χ1) is 8.29. The van der Waals surface area contributed by atoms with Crippen LogP contribution in [0.5, 0.6) is 0 Å². The Hall–Kier alpha value is -1.46. The van der Waals surface area contributed by atoms with Gasteiger partial charge in [0.2, 0.25) is 0 Å². The quantitative estimate of drug-likeness (QED) is 0.667. The summed E-state index contributed by atoms with van der Waals surface area (Å²) in [4.78, 5) is 17.5. The maximum absolute atomic E-state index is 11.9. The second-order valence-electron chi connectivity index (χ2n) is 3.39. The van der Waals surface area contributed by atoms with Crippen LogP contribution in [0.2, 0.25) is 0 Å².